The Balaban J connectivity index is 1.67. The first-order chi connectivity index (χ1) is 13.0. The van der Waals surface area contributed by atoms with Crippen LogP contribution in [0.15, 0.2) is 48.5 Å². The fourth-order valence-electron chi connectivity index (χ4n) is 2.73. The first kappa shape index (κ1) is 16.9. The molecule has 4 aromatic rings. The molecule has 4 rings (SSSR count). The molecule has 2 heterocycles. The summed E-state index contributed by atoms with van der Waals surface area (Å²) in [6.45, 7) is 3.91. The van der Waals surface area contributed by atoms with Crippen LogP contribution in [0.3, 0.4) is 0 Å². The predicted octanol–water partition coefficient (Wildman–Crippen LogP) is 4.22. The van der Waals surface area contributed by atoms with Gasteiger partial charge >= 0.3 is 0 Å². The minimum absolute atomic E-state index is 0.266. The lowest BCUT2D eigenvalue weighted by atomic mass is 10.1. The molecule has 1 amide bonds. The van der Waals surface area contributed by atoms with Crippen molar-refractivity contribution in [1.82, 2.24) is 14.8 Å². The number of amides is 1. The largest absolute Gasteiger partial charge is 0.306 e. The van der Waals surface area contributed by atoms with Crippen LogP contribution in [0.25, 0.3) is 15.3 Å². The maximum absolute atomic E-state index is 12.6. The quantitative estimate of drug-likeness (QED) is 0.583. The van der Waals surface area contributed by atoms with Crippen molar-refractivity contribution in [3.8, 4) is 11.2 Å². The van der Waals surface area contributed by atoms with Gasteiger partial charge in [0.05, 0.1) is 27.5 Å². The molecule has 0 unspecified atom stereocenters. The molecular weight excluding hydrogens is 358 g/mol. The molecule has 132 valence electrons. The topological polar surface area (TPSA) is 83.6 Å². The van der Waals surface area contributed by atoms with E-state index >= 15 is 0 Å². The van der Waals surface area contributed by atoms with Crippen LogP contribution in [0.1, 0.15) is 27.2 Å². The lowest BCUT2D eigenvalue weighted by molar-refractivity contribution is 0.102. The molecule has 2 aromatic heterocycles. The number of fused-ring (bicyclic) bond motifs is 1. The summed E-state index contributed by atoms with van der Waals surface area (Å²) in [5, 5.41) is 16.9. The van der Waals surface area contributed by atoms with Crippen molar-refractivity contribution < 1.29 is 4.79 Å². The summed E-state index contributed by atoms with van der Waals surface area (Å²) in [6.07, 6.45) is 0. The minimum Gasteiger partial charge on any atom is -0.306 e. The summed E-state index contributed by atoms with van der Waals surface area (Å²) >= 11 is 1.52. The molecule has 2 aromatic carbocycles. The Bertz CT molecular complexity index is 1200. The molecule has 0 saturated heterocycles. The molecule has 0 atom stereocenters. The Kier molecular flexibility index (Phi) is 4.18. The number of nitrogens with zero attached hydrogens (tertiary/aromatic N) is 4. The van der Waals surface area contributed by atoms with Gasteiger partial charge < -0.3 is 5.32 Å². The van der Waals surface area contributed by atoms with Gasteiger partial charge in [0.15, 0.2) is 0 Å². The van der Waals surface area contributed by atoms with Gasteiger partial charge in [-0.05, 0) is 55.8 Å². The maximum Gasteiger partial charge on any atom is 0.256 e. The molecule has 0 bridgehead atoms. The van der Waals surface area contributed by atoms with E-state index in [1.807, 2.05) is 32.0 Å². The van der Waals surface area contributed by atoms with Gasteiger partial charge in [-0.25, -0.2) is 4.98 Å². The number of nitriles is 1. The molecule has 0 aliphatic carbocycles. The van der Waals surface area contributed by atoms with Crippen LogP contribution in [-0.4, -0.2) is 20.7 Å². The highest BCUT2D eigenvalue weighted by atomic mass is 32.1. The van der Waals surface area contributed by atoms with Crippen molar-refractivity contribution in [2.75, 3.05) is 5.32 Å². The lowest BCUT2D eigenvalue weighted by Gasteiger charge is -2.06. The Morgan fingerprint density at radius 2 is 1.93 bits per heavy atom. The van der Waals surface area contributed by atoms with Gasteiger partial charge in [0.25, 0.3) is 5.91 Å². The third-order valence-corrected chi connectivity index (χ3v) is 5.06. The molecule has 0 saturated carbocycles. The van der Waals surface area contributed by atoms with Crippen LogP contribution < -0.4 is 5.32 Å². The van der Waals surface area contributed by atoms with E-state index in [1.165, 1.54) is 16.9 Å². The van der Waals surface area contributed by atoms with E-state index in [9.17, 15) is 4.79 Å². The fourth-order valence-corrected chi connectivity index (χ4v) is 3.76. The number of hydrogen-bond acceptors (Lipinski definition) is 5. The normalized spacial score (nSPS) is 10.7. The number of carbonyl (C=O) groups is 1. The van der Waals surface area contributed by atoms with Crippen LogP contribution in [0.5, 0.6) is 0 Å². The van der Waals surface area contributed by atoms with Crippen LogP contribution in [0.2, 0.25) is 0 Å². The minimum atomic E-state index is -0.266. The number of aromatic nitrogens is 3. The van der Waals surface area contributed by atoms with Gasteiger partial charge in [0.2, 0.25) is 5.13 Å². The van der Waals surface area contributed by atoms with Crippen LogP contribution in [0, 0.1) is 25.2 Å². The molecule has 27 heavy (non-hydrogen) atoms. The number of nitrogens with one attached hydrogen (secondary N) is 1. The highest BCUT2D eigenvalue weighted by Crippen LogP contribution is 2.28. The highest BCUT2D eigenvalue weighted by Gasteiger charge is 2.15. The summed E-state index contributed by atoms with van der Waals surface area (Å²) in [6, 6.07) is 16.4. The zero-order valence-corrected chi connectivity index (χ0v) is 15.5. The van der Waals surface area contributed by atoms with Crippen molar-refractivity contribution >= 4 is 33.3 Å². The number of rotatable bonds is 3. The molecular formula is C20H15N5OS. The van der Waals surface area contributed by atoms with Crippen molar-refractivity contribution in [2.24, 2.45) is 0 Å². The Morgan fingerprint density at radius 1 is 1.15 bits per heavy atom. The third-order valence-electron chi connectivity index (χ3n) is 4.06. The SMILES string of the molecule is Cc1ccc2nc(-n3nc(C)cc3NC(=O)c3ccc(C#N)cc3)sc2c1. The fraction of sp³-hybridized carbons (Fsp3) is 0.100. The smallest absolute Gasteiger partial charge is 0.256 e. The standard InChI is InChI=1S/C20H15N5OS/c1-12-3-8-16-17(9-12)27-20(22-16)25-18(10-13(2)24-25)23-19(26)15-6-4-14(11-21)5-7-15/h3-10H,1-2H3,(H,23,26). The van der Waals surface area contributed by atoms with E-state index in [0.717, 1.165) is 15.9 Å². The van der Waals surface area contributed by atoms with E-state index in [1.54, 1.807) is 35.0 Å². The molecule has 0 spiro atoms. The van der Waals surface area contributed by atoms with Gasteiger partial charge in [0.1, 0.15) is 5.82 Å². The van der Waals surface area contributed by atoms with Gasteiger partial charge in [-0.3, -0.25) is 4.79 Å². The van der Waals surface area contributed by atoms with E-state index in [0.29, 0.717) is 22.1 Å². The zero-order valence-electron chi connectivity index (χ0n) is 14.7. The number of hydrogen-bond donors (Lipinski definition) is 1. The molecule has 0 aliphatic rings. The maximum atomic E-state index is 12.6. The number of thiazole rings is 1. The number of anilines is 1. The Hall–Kier alpha value is -3.50. The van der Waals surface area contributed by atoms with Crippen LogP contribution in [0.4, 0.5) is 5.82 Å². The van der Waals surface area contributed by atoms with E-state index in [2.05, 4.69) is 21.5 Å². The Labute approximate surface area is 159 Å². The Morgan fingerprint density at radius 3 is 2.67 bits per heavy atom. The second-order valence-electron chi connectivity index (χ2n) is 6.19. The monoisotopic (exact) mass is 373 g/mol. The van der Waals surface area contributed by atoms with Crippen LogP contribution >= 0.6 is 11.3 Å². The molecule has 0 fully saturated rings. The summed E-state index contributed by atoms with van der Waals surface area (Å²) in [7, 11) is 0. The molecule has 7 heteroatoms. The van der Waals surface area contributed by atoms with Gasteiger partial charge in [0, 0.05) is 11.6 Å². The second-order valence-corrected chi connectivity index (χ2v) is 7.20. The first-order valence-corrected chi connectivity index (χ1v) is 9.11. The van der Waals surface area contributed by atoms with E-state index in [-0.39, 0.29) is 5.91 Å². The summed E-state index contributed by atoms with van der Waals surface area (Å²) in [5.74, 6) is 0.287. The summed E-state index contributed by atoms with van der Waals surface area (Å²) < 4.78 is 2.72. The number of carbonyl (C=O) groups excluding carboxylic acids is 1. The van der Waals surface area contributed by atoms with Crippen molar-refractivity contribution in [2.45, 2.75) is 13.8 Å². The molecule has 1 N–H and O–H groups in total. The van der Waals surface area contributed by atoms with E-state index < -0.39 is 0 Å². The van der Waals surface area contributed by atoms with Gasteiger partial charge in [-0.15, -0.1) is 0 Å². The van der Waals surface area contributed by atoms with Gasteiger partial charge in [-0.2, -0.15) is 15.0 Å². The molecule has 0 aliphatic heterocycles. The average molecular weight is 373 g/mol. The zero-order chi connectivity index (χ0) is 19.0. The summed E-state index contributed by atoms with van der Waals surface area (Å²) in [4.78, 5) is 17.2. The van der Waals surface area contributed by atoms with Crippen LogP contribution in [-0.2, 0) is 0 Å². The number of aryl methyl sites for hydroxylation is 2. The van der Waals surface area contributed by atoms with Crippen molar-refractivity contribution in [1.29, 1.82) is 5.26 Å². The summed E-state index contributed by atoms with van der Waals surface area (Å²) in [5.41, 5.74) is 3.83. The predicted molar refractivity (Wildman–Crippen MR) is 105 cm³/mol. The highest BCUT2D eigenvalue weighted by molar-refractivity contribution is 7.20. The number of benzene rings is 2. The molecule has 6 nitrogen and oxygen atoms in total. The van der Waals surface area contributed by atoms with Gasteiger partial charge in [-0.1, -0.05) is 17.4 Å². The third kappa shape index (κ3) is 3.30. The lowest BCUT2D eigenvalue weighted by Crippen LogP contribution is -2.15. The first-order valence-electron chi connectivity index (χ1n) is 8.29. The average Bonchev–Trinajstić information content (AvgIpc) is 3.24. The van der Waals surface area contributed by atoms with Crippen molar-refractivity contribution in [3.63, 3.8) is 0 Å². The molecule has 0 radical (unpaired) electrons. The van der Waals surface area contributed by atoms with Crippen molar-refractivity contribution in [3.05, 3.63) is 70.9 Å². The second kappa shape index (κ2) is 6.67. The van der Waals surface area contributed by atoms with E-state index in [4.69, 9.17) is 5.26 Å².